The van der Waals surface area contributed by atoms with Crippen LogP contribution in [0.1, 0.15) is 24.4 Å². The molecule has 0 saturated carbocycles. The van der Waals surface area contributed by atoms with E-state index in [-0.39, 0.29) is 0 Å². The first-order valence-corrected chi connectivity index (χ1v) is 6.07. The third kappa shape index (κ3) is 2.53. The number of hydrogen-bond acceptors (Lipinski definition) is 4. The number of rotatable bonds is 4. The Morgan fingerprint density at radius 1 is 1.79 bits per heavy atom. The Labute approximate surface area is 88.9 Å². The largest absolute Gasteiger partial charge is 0.316 e. The molecule has 14 heavy (non-hydrogen) atoms. The minimum absolute atomic E-state index is 0.399. The van der Waals surface area contributed by atoms with Gasteiger partial charge in [0, 0.05) is 11.6 Å². The van der Waals surface area contributed by atoms with Crippen molar-refractivity contribution in [1.29, 1.82) is 0 Å². The highest BCUT2D eigenvalue weighted by atomic mass is 32.1. The van der Waals surface area contributed by atoms with Crippen molar-refractivity contribution in [3.05, 3.63) is 16.6 Å². The second kappa shape index (κ2) is 4.87. The van der Waals surface area contributed by atoms with E-state index in [2.05, 4.69) is 22.5 Å². The minimum atomic E-state index is 0.399. The molecule has 78 valence electrons. The number of hydrogen-bond donors (Lipinski definition) is 2. The average molecular weight is 211 g/mol. The zero-order valence-electron chi connectivity index (χ0n) is 8.49. The first-order chi connectivity index (χ1) is 6.86. The molecule has 2 heterocycles. The fourth-order valence-electron chi connectivity index (χ4n) is 1.77. The van der Waals surface area contributed by atoms with Crippen molar-refractivity contribution in [1.82, 2.24) is 15.6 Å². The fraction of sp³-hybridized carbons (Fsp3) is 0.700. The topological polar surface area (TPSA) is 37.0 Å². The lowest BCUT2D eigenvalue weighted by Gasteiger charge is -2.14. The van der Waals surface area contributed by atoms with Crippen LogP contribution in [-0.2, 0) is 0 Å². The second-order valence-electron chi connectivity index (χ2n) is 3.86. The lowest BCUT2D eigenvalue weighted by Crippen LogP contribution is -2.26. The smallest absolute Gasteiger partial charge is 0.109 e. The van der Waals surface area contributed by atoms with Gasteiger partial charge in [0.15, 0.2) is 0 Å². The van der Waals surface area contributed by atoms with Gasteiger partial charge < -0.3 is 10.6 Å². The van der Waals surface area contributed by atoms with Gasteiger partial charge in [0.25, 0.3) is 0 Å². The predicted molar refractivity (Wildman–Crippen MR) is 59.5 cm³/mol. The summed E-state index contributed by atoms with van der Waals surface area (Å²) in [4.78, 5) is 4.30. The van der Waals surface area contributed by atoms with Crippen molar-refractivity contribution in [2.45, 2.75) is 19.4 Å². The molecule has 1 aliphatic rings. The third-order valence-corrected chi connectivity index (χ3v) is 3.66. The summed E-state index contributed by atoms with van der Waals surface area (Å²) in [5, 5.41) is 10.1. The van der Waals surface area contributed by atoms with Gasteiger partial charge in [0.1, 0.15) is 5.01 Å². The molecule has 1 aliphatic heterocycles. The van der Waals surface area contributed by atoms with E-state index in [1.165, 1.54) is 18.0 Å². The molecule has 0 aromatic carbocycles. The van der Waals surface area contributed by atoms with Crippen LogP contribution >= 0.6 is 11.3 Å². The maximum atomic E-state index is 4.30. The lowest BCUT2D eigenvalue weighted by molar-refractivity contribution is 0.469. The van der Waals surface area contributed by atoms with E-state index in [1.807, 2.05) is 11.6 Å². The van der Waals surface area contributed by atoms with Crippen LogP contribution in [0.25, 0.3) is 0 Å². The Balaban J connectivity index is 1.74. The van der Waals surface area contributed by atoms with Gasteiger partial charge in [-0.15, -0.1) is 11.3 Å². The molecule has 0 unspecified atom stereocenters. The zero-order valence-corrected chi connectivity index (χ0v) is 9.31. The van der Waals surface area contributed by atoms with E-state index in [0.29, 0.717) is 6.04 Å². The predicted octanol–water partition coefficient (Wildman–Crippen LogP) is 1.40. The van der Waals surface area contributed by atoms with Crippen molar-refractivity contribution >= 4 is 11.3 Å². The molecule has 0 amide bonds. The van der Waals surface area contributed by atoms with Gasteiger partial charge in [0.2, 0.25) is 0 Å². The highest BCUT2D eigenvalue weighted by Gasteiger charge is 2.15. The summed E-state index contributed by atoms with van der Waals surface area (Å²) >= 11 is 1.72. The molecule has 0 aliphatic carbocycles. The van der Waals surface area contributed by atoms with Crippen molar-refractivity contribution in [2.75, 3.05) is 19.6 Å². The standard InChI is InChI=1S/C10H17N3S/c1-8(10-12-4-5-14-10)13-7-9-2-3-11-6-9/h4-5,8-9,11,13H,2-3,6-7H2,1H3/t8-,9+/m1/s1. The molecule has 3 nitrogen and oxygen atoms in total. The lowest BCUT2D eigenvalue weighted by atomic mass is 10.1. The molecule has 2 rings (SSSR count). The van der Waals surface area contributed by atoms with Gasteiger partial charge in [0.05, 0.1) is 6.04 Å². The highest BCUT2D eigenvalue weighted by molar-refractivity contribution is 7.09. The number of nitrogens with one attached hydrogen (secondary N) is 2. The maximum Gasteiger partial charge on any atom is 0.109 e. The molecular formula is C10H17N3S. The molecule has 2 N–H and O–H groups in total. The quantitative estimate of drug-likeness (QED) is 0.790. The Morgan fingerprint density at radius 2 is 2.71 bits per heavy atom. The summed E-state index contributed by atoms with van der Waals surface area (Å²) in [6.07, 6.45) is 3.17. The fourth-order valence-corrected chi connectivity index (χ4v) is 2.44. The van der Waals surface area contributed by atoms with Gasteiger partial charge >= 0.3 is 0 Å². The summed E-state index contributed by atoms with van der Waals surface area (Å²) in [7, 11) is 0. The van der Waals surface area contributed by atoms with Crippen LogP contribution in [0.15, 0.2) is 11.6 Å². The monoisotopic (exact) mass is 211 g/mol. The van der Waals surface area contributed by atoms with Gasteiger partial charge in [-0.1, -0.05) is 0 Å². The molecular weight excluding hydrogens is 194 g/mol. The molecule has 2 atom stereocenters. The Morgan fingerprint density at radius 3 is 3.36 bits per heavy atom. The molecule has 0 bridgehead atoms. The van der Waals surface area contributed by atoms with Crippen molar-refractivity contribution in [3.63, 3.8) is 0 Å². The Kier molecular flexibility index (Phi) is 3.50. The van der Waals surface area contributed by atoms with Crippen molar-refractivity contribution < 1.29 is 0 Å². The summed E-state index contributed by atoms with van der Waals surface area (Å²) in [6.45, 7) is 5.63. The van der Waals surface area contributed by atoms with E-state index in [4.69, 9.17) is 0 Å². The first kappa shape index (κ1) is 10.1. The van der Waals surface area contributed by atoms with E-state index in [0.717, 1.165) is 19.0 Å². The molecule has 0 spiro atoms. The van der Waals surface area contributed by atoms with Crippen molar-refractivity contribution in [3.8, 4) is 0 Å². The van der Waals surface area contributed by atoms with E-state index < -0.39 is 0 Å². The van der Waals surface area contributed by atoms with E-state index in [9.17, 15) is 0 Å². The summed E-state index contributed by atoms with van der Waals surface area (Å²) in [5.41, 5.74) is 0. The third-order valence-electron chi connectivity index (χ3n) is 2.70. The zero-order chi connectivity index (χ0) is 9.80. The minimum Gasteiger partial charge on any atom is -0.316 e. The van der Waals surface area contributed by atoms with E-state index in [1.54, 1.807) is 11.3 Å². The number of thiazole rings is 1. The molecule has 1 saturated heterocycles. The Bertz CT molecular complexity index is 254. The molecule has 4 heteroatoms. The molecule has 0 radical (unpaired) electrons. The highest BCUT2D eigenvalue weighted by Crippen LogP contribution is 2.15. The van der Waals surface area contributed by atoms with Gasteiger partial charge in [-0.25, -0.2) is 4.98 Å². The summed E-state index contributed by atoms with van der Waals surface area (Å²) < 4.78 is 0. The van der Waals surface area contributed by atoms with Crippen LogP contribution in [0.2, 0.25) is 0 Å². The molecule has 1 fully saturated rings. The van der Waals surface area contributed by atoms with E-state index >= 15 is 0 Å². The number of aromatic nitrogens is 1. The average Bonchev–Trinajstić information content (AvgIpc) is 2.87. The SMILES string of the molecule is C[C@@H](NC[C@H]1CCNC1)c1nccs1. The molecule has 1 aromatic heterocycles. The van der Waals surface area contributed by atoms with Crippen LogP contribution in [0, 0.1) is 5.92 Å². The summed E-state index contributed by atoms with van der Waals surface area (Å²) in [5.74, 6) is 0.803. The summed E-state index contributed by atoms with van der Waals surface area (Å²) in [6, 6.07) is 0.399. The van der Waals surface area contributed by atoms with Crippen LogP contribution in [0.4, 0.5) is 0 Å². The van der Waals surface area contributed by atoms with Gasteiger partial charge in [-0.2, -0.15) is 0 Å². The second-order valence-corrected chi connectivity index (χ2v) is 4.79. The number of nitrogens with zero attached hydrogens (tertiary/aromatic N) is 1. The normalized spacial score (nSPS) is 23.9. The van der Waals surface area contributed by atoms with Crippen LogP contribution in [0.3, 0.4) is 0 Å². The van der Waals surface area contributed by atoms with Crippen molar-refractivity contribution in [2.24, 2.45) is 5.92 Å². The van der Waals surface area contributed by atoms with Crippen LogP contribution < -0.4 is 10.6 Å². The first-order valence-electron chi connectivity index (χ1n) is 5.20. The maximum absolute atomic E-state index is 4.30. The van der Waals surface area contributed by atoms with Crippen LogP contribution in [-0.4, -0.2) is 24.6 Å². The van der Waals surface area contributed by atoms with Gasteiger partial charge in [-0.05, 0) is 38.9 Å². The van der Waals surface area contributed by atoms with Crippen LogP contribution in [0.5, 0.6) is 0 Å². The Hall–Kier alpha value is -0.450. The van der Waals surface area contributed by atoms with Gasteiger partial charge in [-0.3, -0.25) is 0 Å². The molecule has 1 aromatic rings.